The highest BCUT2D eigenvalue weighted by Crippen LogP contribution is 2.38. The zero-order valence-corrected chi connectivity index (χ0v) is 9.43. The number of aliphatic carboxylic acids is 1. The molecule has 0 aliphatic rings. The van der Waals surface area contributed by atoms with Crippen LogP contribution in [-0.4, -0.2) is 21.6 Å². The van der Waals surface area contributed by atoms with E-state index in [1.165, 1.54) is 0 Å². The minimum Gasteiger partial charge on any atom is -0.481 e. The van der Waals surface area contributed by atoms with E-state index in [0.717, 1.165) is 12.2 Å². The van der Waals surface area contributed by atoms with Gasteiger partial charge in [-0.25, -0.2) is 0 Å². The number of rotatable bonds is 6. The third kappa shape index (κ3) is 6.85. The molecule has 0 rings (SSSR count). The molecule has 72 valence electrons. The molecule has 0 atom stereocenters. The van der Waals surface area contributed by atoms with Gasteiger partial charge in [-0.15, -0.1) is 0 Å². The topological polar surface area (TPSA) is 37.3 Å². The van der Waals surface area contributed by atoms with Crippen molar-refractivity contribution in [2.75, 3.05) is 5.75 Å². The second kappa shape index (κ2) is 5.75. The van der Waals surface area contributed by atoms with Gasteiger partial charge in [-0.05, 0) is 20.3 Å². The van der Waals surface area contributed by atoms with Crippen LogP contribution >= 0.6 is 21.6 Å². The van der Waals surface area contributed by atoms with Crippen molar-refractivity contribution in [1.82, 2.24) is 0 Å². The fourth-order valence-corrected chi connectivity index (χ4v) is 3.31. The Morgan fingerprint density at radius 1 is 1.50 bits per heavy atom. The lowest BCUT2D eigenvalue weighted by Crippen LogP contribution is -2.18. The fraction of sp³-hybridized carbons (Fsp3) is 0.875. The molecule has 0 aromatic rings. The first kappa shape index (κ1) is 12.2. The summed E-state index contributed by atoms with van der Waals surface area (Å²) in [6.07, 6.45) is 1.37. The van der Waals surface area contributed by atoms with Crippen LogP contribution in [0.3, 0.4) is 0 Å². The van der Waals surface area contributed by atoms with Crippen molar-refractivity contribution < 1.29 is 9.90 Å². The molecule has 0 aliphatic heterocycles. The van der Waals surface area contributed by atoms with E-state index in [2.05, 4.69) is 6.92 Å². The Morgan fingerprint density at radius 2 is 2.08 bits per heavy atom. The molecule has 0 aromatic heterocycles. The quantitative estimate of drug-likeness (QED) is 0.538. The smallest absolute Gasteiger partial charge is 0.304 e. The summed E-state index contributed by atoms with van der Waals surface area (Å²) < 4.78 is -0.147. The molecule has 2 nitrogen and oxygen atoms in total. The van der Waals surface area contributed by atoms with Gasteiger partial charge in [0.05, 0.1) is 6.42 Å². The summed E-state index contributed by atoms with van der Waals surface area (Å²) in [6, 6.07) is 0. The molecule has 0 amide bonds. The third-order valence-electron chi connectivity index (χ3n) is 1.15. The monoisotopic (exact) mass is 208 g/mol. The van der Waals surface area contributed by atoms with Gasteiger partial charge in [-0.1, -0.05) is 28.5 Å². The minimum atomic E-state index is -0.718. The summed E-state index contributed by atoms with van der Waals surface area (Å²) in [5.41, 5.74) is 0. The van der Waals surface area contributed by atoms with Crippen LogP contribution in [0, 0.1) is 0 Å². The lowest BCUT2D eigenvalue weighted by Gasteiger charge is -2.20. The van der Waals surface area contributed by atoms with Crippen LogP contribution in [0.5, 0.6) is 0 Å². The molecule has 0 radical (unpaired) electrons. The Labute approximate surface area is 81.9 Å². The van der Waals surface area contributed by atoms with Crippen LogP contribution in [0.2, 0.25) is 0 Å². The van der Waals surface area contributed by atoms with Crippen molar-refractivity contribution in [2.45, 2.75) is 38.4 Å². The Hall–Kier alpha value is 0.170. The lowest BCUT2D eigenvalue weighted by molar-refractivity contribution is -0.137. The Morgan fingerprint density at radius 3 is 2.50 bits per heavy atom. The van der Waals surface area contributed by atoms with Crippen LogP contribution in [0.25, 0.3) is 0 Å². The molecule has 0 unspecified atom stereocenters. The first-order valence-electron chi connectivity index (χ1n) is 4.00. The second-order valence-corrected chi connectivity index (χ2v) is 6.36. The second-order valence-electron chi connectivity index (χ2n) is 3.24. The number of carbonyl (C=O) groups is 1. The van der Waals surface area contributed by atoms with Gasteiger partial charge in [-0.2, -0.15) is 0 Å². The maximum Gasteiger partial charge on any atom is 0.304 e. The molecule has 12 heavy (non-hydrogen) atoms. The van der Waals surface area contributed by atoms with E-state index in [0.29, 0.717) is 0 Å². The highest BCUT2D eigenvalue weighted by Gasteiger charge is 2.22. The van der Waals surface area contributed by atoms with Crippen molar-refractivity contribution in [3.8, 4) is 0 Å². The average Bonchev–Trinajstić information content (AvgIpc) is 1.84. The molecule has 1 N–H and O–H groups in total. The standard InChI is InChI=1S/C8H16O2S2/c1-4-5-11-12-8(2,3)6-7(9)10/h4-6H2,1-3H3,(H,9,10). The average molecular weight is 208 g/mol. The normalized spacial score (nSPS) is 11.6. The van der Waals surface area contributed by atoms with Crippen LogP contribution in [0.15, 0.2) is 0 Å². The van der Waals surface area contributed by atoms with Crippen molar-refractivity contribution in [1.29, 1.82) is 0 Å². The SMILES string of the molecule is CCCSSC(C)(C)CC(=O)O. The molecule has 0 fully saturated rings. The van der Waals surface area contributed by atoms with Crippen LogP contribution in [0.4, 0.5) is 0 Å². The summed E-state index contributed by atoms with van der Waals surface area (Å²) in [7, 11) is 3.42. The van der Waals surface area contributed by atoms with Gasteiger partial charge >= 0.3 is 5.97 Å². The van der Waals surface area contributed by atoms with Gasteiger partial charge in [0.1, 0.15) is 0 Å². The molecular weight excluding hydrogens is 192 g/mol. The van der Waals surface area contributed by atoms with Crippen LogP contribution in [-0.2, 0) is 4.79 Å². The van der Waals surface area contributed by atoms with E-state index in [9.17, 15) is 4.79 Å². The molecule has 0 saturated heterocycles. The summed E-state index contributed by atoms with van der Waals surface area (Å²) in [5.74, 6) is 0.373. The van der Waals surface area contributed by atoms with Gasteiger partial charge < -0.3 is 5.11 Å². The Bertz CT molecular complexity index is 146. The summed E-state index contributed by atoms with van der Waals surface area (Å²) >= 11 is 0. The number of carboxylic acid groups (broad SMARTS) is 1. The first-order chi connectivity index (χ1) is 5.48. The Kier molecular flexibility index (Phi) is 5.84. The van der Waals surface area contributed by atoms with E-state index in [4.69, 9.17) is 5.11 Å². The maximum atomic E-state index is 10.4. The van der Waals surface area contributed by atoms with E-state index in [-0.39, 0.29) is 11.2 Å². The lowest BCUT2D eigenvalue weighted by atomic mass is 10.1. The predicted molar refractivity (Wildman–Crippen MR) is 56.7 cm³/mol. The van der Waals surface area contributed by atoms with Crippen molar-refractivity contribution in [3.05, 3.63) is 0 Å². The molecule has 0 saturated carbocycles. The fourth-order valence-electron chi connectivity index (χ4n) is 0.678. The summed E-state index contributed by atoms with van der Waals surface area (Å²) in [4.78, 5) is 10.4. The van der Waals surface area contributed by atoms with Crippen LogP contribution < -0.4 is 0 Å². The van der Waals surface area contributed by atoms with Gasteiger partial charge in [0.15, 0.2) is 0 Å². The van der Waals surface area contributed by atoms with Gasteiger partial charge in [-0.3, -0.25) is 4.79 Å². The molecule has 0 spiro atoms. The van der Waals surface area contributed by atoms with Gasteiger partial charge in [0.2, 0.25) is 0 Å². The van der Waals surface area contributed by atoms with E-state index in [1.54, 1.807) is 21.6 Å². The highest BCUT2D eigenvalue weighted by molar-refractivity contribution is 8.77. The Balaban J connectivity index is 3.63. The van der Waals surface area contributed by atoms with Crippen molar-refractivity contribution >= 4 is 27.6 Å². The molecule has 0 bridgehead atoms. The zero-order chi connectivity index (χ0) is 9.61. The summed E-state index contributed by atoms with van der Waals surface area (Å²) in [5, 5.41) is 8.58. The molecule has 0 heterocycles. The minimum absolute atomic E-state index is 0.147. The predicted octanol–water partition coefficient (Wildman–Crippen LogP) is 3.03. The highest BCUT2D eigenvalue weighted by atomic mass is 33.1. The number of carboxylic acids is 1. The van der Waals surface area contributed by atoms with E-state index >= 15 is 0 Å². The van der Waals surface area contributed by atoms with Crippen molar-refractivity contribution in [2.24, 2.45) is 0 Å². The molecule has 0 aromatic carbocycles. The third-order valence-corrected chi connectivity index (χ3v) is 4.64. The van der Waals surface area contributed by atoms with E-state index < -0.39 is 5.97 Å². The zero-order valence-electron chi connectivity index (χ0n) is 7.79. The maximum absolute atomic E-state index is 10.4. The van der Waals surface area contributed by atoms with Gasteiger partial charge in [0, 0.05) is 10.5 Å². The van der Waals surface area contributed by atoms with E-state index in [1.807, 2.05) is 13.8 Å². The molecular formula is C8H16O2S2. The largest absolute Gasteiger partial charge is 0.481 e. The first-order valence-corrected chi connectivity index (χ1v) is 6.32. The van der Waals surface area contributed by atoms with Crippen LogP contribution in [0.1, 0.15) is 33.6 Å². The molecule has 0 aliphatic carbocycles. The summed E-state index contributed by atoms with van der Waals surface area (Å²) in [6.45, 7) is 6.06. The van der Waals surface area contributed by atoms with Gasteiger partial charge in [0.25, 0.3) is 0 Å². The van der Waals surface area contributed by atoms with Crippen molar-refractivity contribution in [3.63, 3.8) is 0 Å². The molecule has 4 heteroatoms. The number of hydrogen-bond acceptors (Lipinski definition) is 3. The number of hydrogen-bond donors (Lipinski definition) is 1.